The van der Waals surface area contributed by atoms with E-state index in [0.717, 1.165) is 17.1 Å². The molecule has 0 bridgehead atoms. The van der Waals surface area contributed by atoms with E-state index in [1.807, 2.05) is 32.2 Å². The minimum atomic E-state index is -0.337. The molecule has 0 amide bonds. The van der Waals surface area contributed by atoms with Crippen LogP contribution in [0.4, 0.5) is 0 Å². The van der Waals surface area contributed by atoms with Crippen molar-refractivity contribution < 1.29 is 9.53 Å². The third kappa shape index (κ3) is 3.88. The highest BCUT2D eigenvalue weighted by molar-refractivity contribution is 5.90. The van der Waals surface area contributed by atoms with Crippen molar-refractivity contribution in [1.82, 2.24) is 20.1 Å². The van der Waals surface area contributed by atoms with Crippen LogP contribution < -0.4 is 5.32 Å². The van der Waals surface area contributed by atoms with Crippen LogP contribution in [0.1, 0.15) is 34.4 Å². The normalized spacial score (nSPS) is 10.6. The maximum atomic E-state index is 11.8. The fraction of sp³-hybridized carbons (Fsp3) is 0.400. The molecule has 0 aliphatic heterocycles. The fourth-order valence-electron chi connectivity index (χ4n) is 2.06. The lowest BCUT2D eigenvalue weighted by Crippen LogP contribution is -2.19. The van der Waals surface area contributed by atoms with Gasteiger partial charge < -0.3 is 10.1 Å². The molecule has 2 heterocycles. The number of carbonyl (C=O) groups is 1. The van der Waals surface area contributed by atoms with Crippen LogP contribution in [0.5, 0.6) is 0 Å². The lowest BCUT2D eigenvalue weighted by Gasteiger charge is -2.08. The number of nitrogens with one attached hydrogen (secondary N) is 1. The smallest absolute Gasteiger partial charge is 0.341 e. The molecule has 0 spiro atoms. The molecule has 0 aliphatic rings. The van der Waals surface area contributed by atoms with Crippen LogP contribution in [0.3, 0.4) is 0 Å². The lowest BCUT2D eigenvalue weighted by atomic mass is 10.2. The Morgan fingerprint density at radius 1 is 1.38 bits per heavy atom. The molecule has 6 heteroatoms. The maximum absolute atomic E-state index is 11.8. The van der Waals surface area contributed by atoms with Crippen molar-refractivity contribution in [2.45, 2.75) is 26.9 Å². The summed E-state index contributed by atoms with van der Waals surface area (Å²) in [5.41, 5.74) is 3.27. The van der Waals surface area contributed by atoms with Crippen LogP contribution in [-0.2, 0) is 24.9 Å². The van der Waals surface area contributed by atoms with Crippen molar-refractivity contribution in [2.24, 2.45) is 7.05 Å². The first-order valence-electron chi connectivity index (χ1n) is 6.93. The first-order chi connectivity index (χ1) is 10.1. The topological polar surface area (TPSA) is 69.0 Å². The van der Waals surface area contributed by atoms with Gasteiger partial charge in [-0.15, -0.1) is 0 Å². The van der Waals surface area contributed by atoms with Crippen molar-refractivity contribution in [3.63, 3.8) is 0 Å². The van der Waals surface area contributed by atoms with Crippen molar-refractivity contribution >= 4 is 5.97 Å². The third-order valence-corrected chi connectivity index (χ3v) is 3.10. The van der Waals surface area contributed by atoms with Crippen LogP contribution in [0.2, 0.25) is 0 Å². The fourth-order valence-corrected chi connectivity index (χ4v) is 2.06. The molecule has 0 aliphatic carbocycles. The second-order valence-corrected chi connectivity index (χ2v) is 4.72. The number of carbonyl (C=O) groups excluding carboxylic acids is 1. The van der Waals surface area contributed by atoms with Gasteiger partial charge in [0.2, 0.25) is 0 Å². The number of aryl methyl sites for hydroxylation is 2. The van der Waals surface area contributed by atoms with Crippen LogP contribution >= 0.6 is 0 Å². The van der Waals surface area contributed by atoms with Gasteiger partial charge >= 0.3 is 5.97 Å². The van der Waals surface area contributed by atoms with E-state index in [1.54, 1.807) is 17.8 Å². The van der Waals surface area contributed by atoms with E-state index in [0.29, 0.717) is 25.3 Å². The van der Waals surface area contributed by atoms with Crippen molar-refractivity contribution in [1.29, 1.82) is 0 Å². The van der Waals surface area contributed by atoms with Crippen molar-refractivity contribution in [3.8, 4) is 0 Å². The van der Waals surface area contributed by atoms with Gasteiger partial charge in [0.1, 0.15) is 5.56 Å². The molecule has 0 radical (unpaired) electrons. The first kappa shape index (κ1) is 15.2. The summed E-state index contributed by atoms with van der Waals surface area (Å²) in [6, 6.07) is 5.91. The molecule has 0 saturated heterocycles. The first-order valence-corrected chi connectivity index (χ1v) is 6.93. The summed E-state index contributed by atoms with van der Waals surface area (Å²) in [6.45, 7) is 5.27. The SMILES string of the molecule is CCOC(=O)c1cnn(C)c1CNCc1cccc(C)n1. The van der Waals surface area contributed by atoms with Crippen LogP contribution in [0.25, 0.3) is 0 Å². The van der Waals surface area contributed by atoms with E-state index < -0.39 is 0 Å². The largest absolute Gasteiger partial charge is 0.462 e. The highest BCUT2D eigenvalue weighted by Gasteiger charge is 2.16. The molecule has 2 aromatic rings. The summed E-state index contributed by atoms with van der Waals surface area (Å²) >= 11 is 0. The Labute approximate surface area is 124 Å². The third-order valence-electron chi connectivity index (χ3n) is 3.10. The Morgan fingerprint density at radius 3 is 2.90 bits per heavy atom. The van der Waals surface area contributed by atoms with Gasteiger partial charge in [-0.3, -0.25) is 9.67 Å². The average Bonchev–Trinajstić information content (AvgIpc) is 2.81. The second kappa shape index (κ2) is 6.99. The summed E-state index contributed by atoms with van der Waals surface area (Å²) in [5.74, 6) is -0.337. The highest BCUT2D eigenvalue weighted by atomic mass is 16.5. The molecule has 6 nitrogen and oxygen atoms in total. The number of aromatic nitrogens is 3. The van der Waals surface area contributed by atoms with Gasteiger partial charge in [-0.2, -0.15) is 5.10 Å². The summed E-state index contributed by atoms with van der Waals surface area (Å²) in [6.07, 6.45) is 1.54. The van der Waals surface area contributed by atoms with E-state index in [9.17, 15) is 4.79 Å². The van der Waals surface area contributed by atoms with Crippen LogP contribution in [0, 0.1) is 6.92 Å². The molecule has 0 aromatic carbocycles. The van der Waals surface area contributed by atoms with Gasteiger partial charge in [0.05, 0.1) is 24.2 Å². The molecular weight excluding hydrogens is 268 g/mol. The van der Waals surface area contributed by atoms with E-state index >= 15 is 0 Å². The molecule has 2 rings (SSSR count). The van der Waals surface area contributed by atoms with E-state index in [2.05, 4.69) is 15.4 Å². The Bertz CT molecular complexity index is 622. The highest BCUT2D eigenvalue weighted by Crippen LogP contribution is 2.09. The van der Waals surface area contributed by atoms with E-state index in [-0.39, 0.29) is 5.97 Å². The minimum absolute atomic E-state index is 0.337. The van der Waals surface area contributed by atoms with Gasteiger partial charge in [0, 0.05) is 25.8 Å². The average molecular weight is 288 g/mol. The zero-order chi connectivity index (χ0) is 15.2. The van der Waals surface area contributed by atoms with Gasteiger partial charge in [0.25, 0.3) is 0 Å². The number of pyridine rings is 1. The van der Waals surface area contributed by atoms with E-state index in [1.165, 1.54) is 0 Å². The Hall–Kier alpha value is -2.21. The number of rotatable bonds is 6. The minimum Gasteiger partial charge on any atom is -0.462 e. The molecular formula is C15H20N4O2. The predicted molar refractivity (Wildman–Crippen MR) is 78.7 cm³/mol. The lowest BCUT2D eigenvalue weighted by molar-refractivity contribution is 0.0524. The Kier molecular flexibility index (Phi) is 5.05. The van der Waals surface area contributed by atoms with Crippen molar-refractivity contribution in [3.05, 3.63) is 47.0 Å². The van der Waals surface area contributed by atoms with Gasteiger partial charge in [-0.1, -0.05) is 6.07 Å². The molecule has 0 unspecified atom stereocenters. The molecule has 0 atom stereocenters. The Morgan fingerprint density at radius 2 is 2.19 bits per heavy atom. The number of ether oxygens (including phenoxy) is 1. The van der Waals surface area contributed by atoms with Crippen molar-refractivity contribution in [2.75, 3.05) is 6.61 Å². The zero-order valence-electron chi connectivity index (χ0n) is 12.6. The number of esters is 1. The summed E-state index contributed by atoms with van der Waals surface area (Å²) in [4.78, 5) is 16.3. The number of hydrogen-bond acceptors (Lipinski definition) is 5. The second-order valence-electron chi connectivity index (χ2n) is 4.72. The number of hydrogen-bond donors (Lipinski definition) is 1. The molecule has 0 fully saturated rings. The zero-order valence-corrected chi connectivity index (χ0v) is 12.6. The van der Waals surface area contributed by atoms with Gasteiger partial charge in [-0.05, 0) is 26.0 Å². The van der Waals surface area contributed by atoms with E-state index in [4.69, 9.17) is 4.74 Å². The Balaban J connectivity index is 2.00. The van der Waals surface area contributed by atoms with Crippen LogP contribution in [-0.4, -0.2) is 27.3 Å². The summed E-state index contributed by atoms with van der Waals surface area (Å²) in [7, 11) is 1.81. The predicted octanol–water partition coefficient (Wildman–Crippen LogP) is 1.59. The molecule has 1 N–H and O–H groups in total. The van der Waals surface area contributed by atoms with Crippen LogP contribution in [0.15, 0.2) is 24.4 Å². The van der Waals surface area contributed by atoms with Gasteiger partial charge in [0.15, 0.2) is 0 Å². The van der Waals surface area contributed by atoms with Gasteiger partial charge in [-0.25, -0.2) is 4.79 Å². The summed E-state index contributed by atoms with van der Waals surface area (Å²) in [5, 5.41) is 7.40. The quantitative estimate of drug-likeness (QED) is 0.817. The molecule has 21 heavy (non-hydrogen) atoms. The molecule has 112 valence electrons. The maximum Gasteiger partial charge on any atom is 0.341 e. The molecule has 0 saturated carbocycles. The summed E-state index contributed by atoms with van der Waals surface area (Å²) < 4.78 is 6.71. The molecule has 2 aromatic heterocycles. The standard InChI is InChI=1S/C15H20N4O2/c1-4-21-15(20)13-9-17-19(3)14(13)10-16-8-12-7-5-6-11(2)18-12/h5-7,9,16H,4,8,10H2,1-3H3. The monoisotopic (exact) mass is 288 g/mol. The number of nitrogens with zero attached hydrogens (tertiary/aromatic N) is 3.